The van der Waals surface area contributed by atoms with E-state index in [2.05, 4.69) is 6.13 Å². The van der Waals surface area contributed by atoms with Crippen LogP contribution in [-0.2, 0) is 0 Å². The maximum absolute atomic E-state index is 2.61. The van der Waals surface area contributed by atoms with Gasteiger partial charge in [0.1, 0.15) is 0 Å². The molecule has 84 valence electrons. The average Bonchev–Trinajstić information content (AvgIpc) is 2.32. The molecule has 15 heavy (non-hydrogen) atoms. The Labute approximate surface area is 116 Å². The van der Waals surface area contributed by atoms with Crippen LogP contribution < -0.4 is 0 Å². The first-order chi connectivity index (χ1) is 7.45. The second-order valence-corrected chi connectivity index (χ2v) is 27.9. The molecule has 2 saturated carbocycles. The van der Waals surface area contributed by atoms with Crippen LogP contribution in [0.15, 0.2) is 0 Å². The summed E-state index contributed by atoms with van der Waals surface area (Å²) in [6.07, 6.45) is 18.5. The van der Waals surface area contributed by atoms with Gasteiger partial charge in [0, 0.05) is 0 Å². The molecule has 0 saturated heterocycles. The second-order valence-electron chi connectivity index (χ2n) is 5.01. The first kappa shape index (κ1) is 13.4. The molecule has 0 aliphatic heterocycles. The minimum atomic E-state index is 0.0369. The zero-order valence-corrected chi connectivity index (χ0v) is 16.2. The third kappa shape index (κ3) is 5.41. The van der Waals surface area contributed by atoms with E-state index < -0.39 is 0 Å². The van der Waals surface area contributed by atoms with E-state index in [1.165, 1.54) is 7.87 Å². The molecule has 2 rings (SSSR count). The Morgan fingerprint density at radius 2 is 1.00 bits per heavy atom. The van der Waals surface area contributed by atoms with Gasteiger partial charge >= 0.3 is 118 Å². The van der Waals surface area contributed by atoms with E-state index >= 15 is 0 Å². The standard InChI is InChI=1S/2C6H11.S.2Sn/c2*1-2-4-6-5-3-1;;;/h2*1H,2-6H2;;;. The Morgan fingerprint density at radius 3 is 1.40 bits per heavy atom. The fraction of sp³-hybridized carbons (Fsp3) is 1.00. The Bertz CT molecular complexity index is 145. The van der Waals surface area contributed by atoms with E-state index in [9.17, 15) is 0 Å². The molecule has 0 bridgehead atoms. The molecule has 2 aliphatic carbocycles. The van der Waals surface area contributed by atoms with E-state index in [4.69, 9.17) is 0 Å². The van der Waals surface area contributed by atoms with E-state index in [-0.39, 0.29) is 39.5 Å². The summed E-state index contributed by atoms with van der Waals surface area (Å²) in [6, 6.07) is 0. The van der Waals surface area contributed by atoms with Crippen molar-refractivity contribution >= 4 is 45.6 Å². The third-order valence-corrected chi connectivity index (χ3v) is 29.1. The second kappa shape index (κ2) is 8.12. The van der Waals surface area contributed by atoms with Crippen molar-refractivity contribution in [2.24, 2.45) is 0 Å². The Balaban J connectivity index is 1.53. The van der Waals surface area contributed by atoms with Crippen LogP contribution in [0, 0.1) is 0 Å². The monoisotopic (exact) mass is 438 g/mol. The van der Waals surface area contributed by atoms with Crippen molar-refractivity contribution < 1.29 is 0 Å². The van der Waals surface area contributed by atoms with Gasteiger partial charge in [-0.15, -0.1) is 0 Å². The molecular formula is C12H22SSn2. The number of rotatable bonds is 4. The summed E-state index contributed by atoms with van der Waals surface area (Å²) in [4.78, 5) is 0. The summed E-state index contributed by atoms with van der Waals surface area (Å²) in [7, 11) is 0. The number of hydrogen-bond acceptors (Lipinski definition) is 1. The molecule has 0 heterocycles. The molecule has 4 radical (unpaired) electrons. The predicted octanol–water partition coefficient (Wildman–Crippen LogP) is 4.46. The van der Waals surface area contributed by atoms with Gasteiger partial charge in [-0.25, -0.2) is 0 Å². The normalized spacial score (nSPS) is 25.6. The summed E-state index contributed by atoms with van der Waals surface area (Å²) < 4.78 is 2.58. The Morgan fingerprint density at radius 1 is 0.600 bits per heavy atom. The van der Waals surface area contributed by atoms with Crippen molar-refractivity contribution in [1.82, 2.24) is 0 Å². The van der Waals surface area contributed by atoms with Gasteiger partial charge in [0.05, 0.1) is 0 Å². The molecule has 2 fully saturated rings. The van der Waals surface area contributed by atoms with Crippen molar-refractivity contribution in [3.63, 3.8) is 0 Å². The molecular weight excluding hydrogens is 414 g/mol. The van der Waals surface area contributed by atoms with Crippen LogP contribution in [0.3, 0.4) is 0 Å². The van der Waals surface area contributed by atoms with Gasteiger partial charge in [0.15, 0.2) is 0 Å². The first-order valence-corrected chi connectivity index (χ1v) is 17.7. The van der Waals surface area contributed by atoms with Crippen LogP contribution in [-0.4, -0.2) is 39.5 Å². The quantitative estimate of drug-likeness (QED) is 0.587. The summed E-state index contributed by atoms with van der Waals surface area (Å²) in [5.74, 6) is 0. The van der Waals surface area contributed by atoms with Crippen molar-refractivity contribution in [2.45, 2.75) is 72.1 Å². The molecule has 0 unspecified atom stereocenters. The van der Waals surface area contributed by atoms with Gasteiger partial charge in [0.2, 0.25) is 0 Å². The number of hydrogen-bond donors (Lipinski definition) is 0. The molecule has 0 aromatic carbocycles. The molecule has 3 heteroatoms. The van der Waals surface area contributed by atoms with Crippen LogP contribution in [0.1, 0.15) is 64.2 Å². The van der Waals surface area contributed by atoms with Gasteiger partial charge in [-0.1, -0.05) is 0 Å². The average molecular weight is 436 g/mol. The van der Waals surface area contributed by atoms with Crippen LogP contribution >= 0.6 is 6.13 Å². The summed E-state index contributed by atoms with van der Waals surface area (Å²) >= 11 is 0.0738. The Kier molecular flexibility index (Phi) is 7.24. The van der Waals surface area contributed by atoms with Gasteiger partial charge in [-0.2, -0.15) is 0 Å². The summed E-state index contributed by atoms with van der Waals surface area (Å²) in [6.45, 7) is 0. The van der Waals surface area contributed by atoms with Crippen molar-refractivity contribution in [2.75, 3.05) is 0 Å². The topological polar surface area (TPSA) is 0 Å². The van der Waals surface area contributed by atoms with Gasteiger partial charge < -0.3 is 0 Å². The molecule has 2 aliphatic rings. The fourth-order valence-corrected chi connectivity index (χ4v) is 36.4. The van der Waals surface area contributed by atoms with Crippen LogP contribution in [0.5, 0.6) is 0 Å². The zero-order chi connectivity index (χ0) is 10.3. The van der Waals surface area contributed by atoms with E-state index in [0.29, 0.717) is 0 Å². The van der Waals surface area contributed by atoms with Crippen LogP contribution in [0.25, 0.3) is 0 Å². The van der Waals surface area contributed by atoms with E-state index in [1.807, 2.05) is 0 Å². The molecule has 0 aromatic heterocycles. The predicted molar refractivity (Wildman–Crippen MR) is 72.8 cm³/mol. The summed E-state index contributed by atoms with van der Waals surface area (Å²) in [5.41, 5.74) is 0. The van der Waals surface area contributed by atoms with Crippen LogP contribution in [0.2, 0.25) is 7.87 Å². The van der Waals surface area contributed by atoms with E-state index in [1.54, 1.807) is 64.2 Å². The fourth-order valence-electron chi connectivity index (χ4n) is 2.64. The maximum atomic E-state index is 2.61. The van der Waals surface area contributed by atoms with Crippen molar-refractivity contribution in [1.29, 1.82) is 0 Å². The minimum absolute atomic E-state index is 0.0369. The van der Waals surface area contributed by atoms with Gasteiger partial charge in [-0.3, -0.25) is 0 Å². The Hall–Kier alpha value is 1.95. The molecule has 0 spiro atoms. The molecule has 0 aromatic rings. The molecule has 0 N–H and O–H groups in total. The van der Waals surface area contributed by atoms with Gasteiger partial charge in [0.25, 0.3) is 0 Å². The third-order valence-electron chi connectivity index (χ3n) is 3.66. The molecule has 0 amide bonds. The van der Waals surface area contributed by atoms with Crippen molar-refractivity contribution in [3.8, 4) is 0 Å². The SMILES string of the molecule is C1CC[CH]([Sn][S][Sn][CH]2CCCCC2)CC1. The molecule has 0 nitrogen and oxygen atoms in total. The first-order valence-electron chi connectivity index (χ1n) is 6.62. The van der Waals surface area contributed by atoms with Crippen molar-refractivity contribution in [3.05, 3.63) is 0 Å². The molecule has 0 atom stereocenters. The zero-order valence-electron chi connectivity index (χ0n) is 9.63. The summed E-state index contributed by atoms with van der Waals surface area (Å²) in [5, 5.41) is 0. The van der Waals surface area contributed by atoms with Gasteiger partial charge in [-0.05, 0) is 0 Å². The van der Waals surface area contributed by atoms with E-state index in [0.717, 1.165) is 0 Å². The van der Waals surface area contributed by atoms with Crippen LogP contribution in [0.4, 0.5) is 0 Å².